The fourth-order valence-corrected chi connectivity index (χ4v) is 3.73. The van der Waals surface area contributed by atoms with Gasteiger partial charge >= 0.3 is 0 Å². The van der Waals surface area contributed by atoms with Crippen LogP contribution in [0.4, 0.5) is 0 Å². The normalized spacial score (nSPS) is 12.4. The Morgan fingerprint density at radius 2 is 1.96 bits per heavy atom. The molecular weight excluding hydrogens is 316 g/mol. The van der Waals surface area contributed by atoms with Crippen LogP contribution in [-0.4, -0.2) is 19.3 Å². The largest absolute Gasteiger partial charge is 0.323 e. The van der Waals surface area contributed by atoms with Gasteiger partial charge in [0.2, 0.25) is 0 Å². The molecule has 24 heavy (non-hydrogen) atoms. The van der Waals surface area contributed by atoms with Crippen LogP contribution < -0.4 is 0 Å². The van der Waals surface area contributed by atoms with Crippen molar-refractivity contribution in [1.82, 2.24) is 19.3 Å². The van der Waals surface area contributed by atoms with E-state index in [9.17, 15) is 0 Å². The molecule has 3 heterocycles. The molecule has 0 aliphatic heterocycles. The Kier molecular flexibility index (Phi) is 4.01. The van der Waals surface area contributed by atoms with E-state index >= 15 is 0 Å². The van der Waals surface area contributed by atoms with Crippen LogP contribution in [0.3, 0.4) is 0 Å². The van der Waals surface area contributed by atoms with Crippen LogP contribution in [0.2, 0.25) is 0 Å². The van der Waals surface area contributed by atoms with E-state index in [-0.39, 0.29) is 6.04 Å². The summed E-state index contributed by atoms with van der Waals surface area (Å²) >= 11 is 1.78. The van der Waals surface area contributed by atoms with Crippen molar-refractivity contribution < 1.29 is 0 Å². The highest BCUT2D eigenvalue weighted by Gasteiger charge is 2.16. The van der Waals surface area contributed by atoms with Crippen molar-refractivity contribution in [2.24, 2.45) is 0 Å². The first-order valence-corrected chi connectivity index (χ1v) is 8.83. The molecule has 0 aliphatic rings. The molecule has 4 rings (SSSR count). The zero-order valence-electron chi connectivity index (χ0n) is 13.4. The molecule has 0 unspecified atom stereocenters. The minimum atomic E-state index is 0.264. The molecule has 0 fully saturated rings. The van der Waals surface area contributed by atoms with Gasteiger partial charge in [0, 0.05) is 35.2 Å². The van der Waals surface area contributed by atoms with E-state index < -0.39 is 0 Å². The Morgan fingerprint density at radius 1 is 1.04 bits per heavy atom. The Morgan fingerprint density at radius 3 is 2.75 bits per heavy atom. The maximum atomic E-state index is 4.65. The predicted octanol–water partition coefficient (Wildman–Crippen LogP) is 4.47. The van der Waals surface area contributed by atoms with E-state index in [1.807, 2.05) is 29.3 Å². The minimum absolute atomic E-state index is 0.264. The molecule has 3 aromatic heterocycles. The summed E-state index contributed by atoms with van der Waals surface area (Å²) in [4.78, 5) is 5.98. The lowest BCUT2D eigenvalue weighted by Gasteiger charge is -2.17. The molecule has 0 aliphatic carbocycles. The Hall–Kier alpha value is -2.66. The standard InChI is InChI=1S/C19H18N4S/c1-15(18-8-4-13-24-18)23-12-10-20-19(23)17-7-3-2-6-16(17)14-22-11-5-9-21-22/h2-13,15H,14H2,1H3/t15-/m0/s1. The quantitative estimate of drug-likeness (QED) is 0.540. The molecule has 0 bridgehead atoms. The number of imidazole rings is 1. The molecule has 0 N–H and O–H groups in total. The van der Waals surface area contributed by atoms with Gasteiger partial charge in [0.1, 0.15) is 5.82 Å². The summed E-state index contributed by atoms with van der Waals surface area (Å²) in [6, 6.07) is 14.9. The highest BCUT2D eigenvalue weighted by atomic mass is 32.1. The molecule has 0 saturated carbocycles. The van der Waals surface area contributed by atoms with E-state index in [1.165, 1.54) is 10.4 Å². The van der Waals surface area contributed by atoms with Crippen LogP contribution in [0.1, 0.15) is 23.4 Å². The average molecular weight is 334 g/mol. The van der Waals surface area contributed by atoms with Gasteiger partial charge in [-0.2, -0.15) is 5.10 Å². The Labute approximate surface area is 145 Å². The summed E-state index contributed by atoms with van der Waals surface area (Å²) in [5.74, 6) is 0.999. The topological polar surface area (TPSA) is 35.6 Å². The van der Waals surface area contributed by atoms with Crippen LogP contribution >= 0.6 is 11.3 Å². The average Bonchev–Trinajstić information content (AvgIpc) is 3.36. The van der Waals surface area contributed by atoms with Crippen molar-refractivity contribution in [3.8, 4) is 11.4 Å². The van der Waals surface area contributed by atoms with Crippen LogP contribution in [-0.2, 0) is 6.54 Å². The lowest BCUT2D eigenvalue weighted by Crippen LogP contribution is -2.08. The van der Waals surface area contributed by atoms with Gasteiger partial charge in [-0.15, -0.1) is 11.3 Å². The summed E-state index contributed by atoms with van der Waals surface area (Å²) in [6.45, 7) is 2.95. The SMILES string of the molecule is C[C@@H](c1cccs1)n1ccnc1-c1ccccc1Cn1cccn1. The first-order valence-electron chi connectivity index (χ1n) is 7.95. The zero-order chi connectivity index (χ0) is 16.4. The number of rotatable bonds is 5. The molecular formula is C19H18N4S. The highest BCUT2D eigenvalue weighted by Crippen LogP contribution is 2.29. The summed E-state index contributed by atoms with van der Waals surface area (Å²) in [5.41, 5.74) is 2.37. The number of nitrogens with zero attached hydrogens (tertiary/aromatic N) is 4. The van der Waals surface area contributed by atoms with Gasteiger partial charge in [-0.25, -0.2) is 4.98 Å². The monoisotopic (exact) mass is 334 g/mol. The van der Waals surface area contributed by atoms with E-state index in [1.54, 1.807) is 11.3 Å². The molecule has 4 nitrogen and oxygen atoms in total. The van der Waals surface area contributed by atoms with Crippen molar-refractivity contribution >= 4 is 11.3 Å². The lowest BCUT2D eigenvalue weighted by molar-refractivity contribution is 0.653. The number of thiophene rings is 1. The van der Waals surface area contributed by atoms with Gasteiger partial charge in [-0.05, 0) is 30.0 Å². The Balaban J connectivity index is 1.74. The molecule has 0 amide bonds. The lowest BCUT2D eigenvalue weighted by atomic mass is 10.1. The molecule has 5 heteroatoms. The van der Waals surface area contributed by atoms with Crippen LogP contribution in [0, 0.1) is 0 Å². The van der Waals surface area contributed by atoms with Gasteiger partial charge in [0.05, 0.1) is 12.6 Å². The fraction of sp³-hybridized carbons (Fsp3) is 0.158. The predicted molar refractivity (Wildman–Crippen MR) is 97.1 cm³/mol. The van der Waals surface area contributed by atoms with Crippen molar-refractivity contribution in [2.75, 3.05) is 0 Å². The Bertz CT molecular complexity index is 907. The fourth-order valence-electron chi connectivity index (χ4n) is 2.95. The molecule has 0 saturated heterocycles. The van der Waals surface area contributed by atoms with Crippen molar-refractivity contribution in [1.29, 1.82) is 0 Å². The van der Waals surface area contributed by atoms with Gasteiger partial charge in [-0.3, -0.25) is 4.68 Å². The van der Waals surface area contributed by atoms with E-state index in [0.717, 1.165) is 17.9 Å². The molecule has 120 valence electrons. The van der Waals surface area contributed by atoms with Crippen LogP contribution in [0.5, 0.6) is 0 Å². The summed E-state index contributed by atoms with van der Waals surface area (Å²) in [7, 11) is 0. The zero-order valence-corrected chi connectivity index (χ0v) is 14.2. The van der Waals surface area contributed by atoms with E-state index in [4.69, 9.17) is 0 Å². The third kappa shape index (κ3) is 2.78. The first kappa shape index (κ1) is 14.9. The maximum Gasteiger partial charge on any atom is 0.140 e. The van der Waals surface area contributed by atoms with Crippen molar-refractivity contribution in [3.63, 3.8) is 0 Å². The van der Waals surface area contributed by atoms with Gasteiger partial charge in [-0.1, -0.05) is 30.3 Å². The van der Waals surface area contributed by atoms with Crippen molar-refractivity contribution in [3.05, 3.63) is 83.1 Å². The highest BCUT2D eigenvalue weighted by molar-refractivity contribution is 7.10. The molecule has 0 radical (unpaired) electrons. The third-order valence-corrected chi connectivity index (χ3v) is 5.23. The number of aromatic nitrogens is 4. The summed E-state index contributed by atoms with van der Waals surface area (Å²) < 4.78 is 4.18. The van der Waals surface area contributed by atoms with Crippen LogP contribution in [0.15, 0.2) is 72.6 Å². The second-order valence-electron chi connectivity index (χ2n) is 5.71. The molecule has 1 atom stereocenters. The second-order valence-corrected chi connectivity index (χ2v) is 6.69. The van der Waals surface area contributed by atoms with Crippen molar-refractivity contribution in [2.45, 2.75) is 19.5 Å². The smallest absolute Gasteiger partial charge is 0.140 e. The minimum Gasteiger partial charge on any atom is -0.323 e. The second kappa shape index (κ2) is 6.45. The van der Waals surface area contributed by atoms with Crippen LogP contribution in [0.25, 0.3) is 11.4 Å². The van der Waals surface area contributed by atoms with Gasteiger partial charge in [0.15, 0.2) is 0 Å². The number of hydrogen-bond donors (Lipinski definition) is 0. The van der Waals surface area contributed by atoms with Gasteiger partial charge in [0.25, 0.3) is 0 Å². The maximum absolute atomic E-state index is 4.65. The number of hydrogen-bond acceptors (Lipinski definition) is 3. The molecule has 4 aromatic rings. The molecule has 1 aromatic carbocycles. The first-order chi connectivity index (χ1) is 11.8. The van der Waals surface area contributed by atoms with E-state index in [0.29, 0.717) is 0 Å². The number of benzene rings is 1. The molecule has 0 spiro atoms. The van der Waals surface area contributed by atoms with Gasteiger partial charge < -0.3 is 4.57 Å². The summed E-state index contributed by atoms with van der Waals surface area (Å²) in [6.07, 6.45) is 7.73. The third-order valence-electron chi connectivity index (χ3n) is 4.19. The summed E-state index contributed by atoms with van der Waals surface area (Å²) in [5, 5.41) is 6.44. The van der Waals surface area contributed by atoms with E-state index in [2.05, 4.69) is 69.5 Å².